The van der Waals surface area contributed by atoms with Gasteiger partial charge in [0.25, 0.3) is 0 Å². The second kappa shape index (κ2) is 6.72. The lowest BCUT2D eigenvalue weighted by Gasteiger charge is -2.27. The molecule has 20 heavy (non-hydrogen) atoms. The number of hydrogen-bond donors (Lipinski definition) is 1. The molecule has 3 nitrogen and oxygen atoms in total. The Labute approximate surface area is 126 Å². The molecule has 0 saturated heterocycles. The summed E-state index contributed by atoms with van der Waals surface area (Å²) in [4.78, 5) is 14.6. The zero-order valence-electron chi connectivity index (χ0n) is 12.6. The highest BCUT2D eigenvalue weighted by Gasteiger charge is 2.33. The van der Waals surface area contributed by atoms with Gasteiger partial charge in [0.2, 0.25) is 5.91 Å². The third kappa shape index (κ3) is 4.60. The first-order valence-electron chi connectivity index (χ1n) is 7.52. The van der Waals surface area contributed by atoms with Crippen molar-refractivity contribution >= 4 is 17.2 Å². The van der Waals surface area contributed by atoms with Crippen molar-refractivity contribution in [1.29, 1.82) is 0 Å². The third-order valence-electron chi connectivity index (χ3n) is 4.08. The zero-order chi connectivity index (χ0) is 14.6. The van der Waals surface area contributed by atoms with Gasteiger partial charge in [-0.1, -0.05) is 13.8 Å². The van der Waals surface area contributed by atoms with Crippen LogP contribution in [0.5, 0.6) is 0 Å². The predicted octanol–water partition coefficient (Wildman–Crippen LogP) is 3.39. The van der Waals surface area contributed by atoms with E-state index >= 15 is 0 Å². The van der Waals surface area contributed by atoms with Gasteiger partial charge >= 0.3 is 0 Å². The minimum absolute atomic E-state index is 0.169. The highest BCUT2D eigenvalue weighted by atomic mass is 32.1. The fourth-order valence-electron chi connectivity index (χ4n) is 2.49. The summed E-state index contributed by atoms with van der Waals surface area (Å²) in [6.07, 6.45) is 4.89. The van der Waals surface area contributed by atoms with E-state index in [1.54, 1.807) is 11.3 Å². The van der Waals surface area contributed by atoms with Gasteiger partial charge < -0.3 is 10.6 Å². The van der Waals surface area contributed by atoms with E-state index in [1.807, 2.05) is 0 Å². The predicted molar refractivity (Wildman–Crippen MR) is 84.6 cm³/mol. The number of hydrogen-bond acceptors (Lipinski definition) is 3. The normalized spacial score (nSPS) is 15.3. The molecule has 1 amide bonds. The Kier molecular flexibility index (Phi) is 5.22. The number of nitrogens with two attached hydrogens (primary N) is 1. The van der Waals surface area contributed by atoms with Crippen LogP contribution in [0.25, 0.3) is 0 Å². The number of amides is 1. The molecule has 2 N–H and O–H groups in total. The van der Waals surface area contributed by atoms with Crippen LogP contribution in [0.15, 0.2) is 16.8 Å². The van der Waals surface area contributed by atoms with Crippen molar-refractivity contribution in [2.75, 3.05) is 6.54 Å². The molecule has 1 saturated carbocycles. The van der Waals surface area contributed by atoms with E-state index in [4.69, 9.17) is 5.73 Å². The zero-order valence-corrected chi connectivity index (χ0v) is 13.4. The van der Waals surface area contributed by atoms with Crippen LogP contribution in [0.1, 0.15) is 51.5 Å². The molecular formula is C16H26N2OS. The van der Waals surface area contributed by atoms with Gasteiger partial charge in [-0.3, -0.25) is 4.79 Å². The SMILES string of the molecule is CC(C)(CCN)CCC(=O)N(Cc1ccsc1)C1CC1. The number of thiophene rings is 1. The van der Waals surface area contributed by atoms with Gasteiger partial charge in [0.15, 0.2) is 0 Å². The Morgan fingerprint density at radius 3 is 2.75 bits per heavy atom. The van der Waals surface area contributed by atoms with Crippen molar-refractivity contribution in [3.05, 3.63) is 22.4 Å². The lowest BCUT2D eigenvalue weighted by molar-refractivity contribution is -0.133. The van der Waals surface area contributed by atoms with Crippen LogP contribution in [0.4, 0.5) is 0 Å². The fourth-order valence-corrected chi connectivity index (χ4v) is 3.15. The average molecular weight is 294 g/mol. The Bertz CT molecular complexity index is 424. The summed E-state index contributed by atoms with van der Waals surface area (Å²) in [5, 5.41) is 4.22. The Balaban J connectivity index is 1.87. The molecule has 1 heterocycles. The van der Waals surface area contributed by atoms with Crippen LogP contribution in [-0.2, 0) is 11.3 Å². The largest absolute Gasteiger partial charge is 0.335 e. The summed E-state index contributed by atoms with van der Waals surface area (Å²) in [6.45, 7) is 5.88. The van der Waals surface area contributed by atoms with Gasteiger partial charge in [0.1, 0.15) is 0 Å². The Morgan fingerprint density at radius 1 is 1.45 bits per heavy atom. The molecule has 2 rings (SSSR count). The summed E-state index contributed by atoms with van der Waals surface area (Å²) in [5.74, 6) is 0.309. The first kappa shape index (κ1) is 15.5. The molecule has 0 aromatic carbocycles. The average Bonchev–Trinajstić information content (AvgIpc) is 3.10. The van der Waals surface area contributed by atoms with E-state index < -0.39 is 0 Å². The number of rotatable bonds is 8. The first-order chi connectivity index (χ1) is 9.52. The van der Waals surface area contributed by atoms with Crippen LogP contribution in [0.3, 0.4) is 0 Å². The summed E-state index contributed by atoms with van der Waals surface area (Å²) >= 11 is 1.70. The lowest BCUT2D eigenvalue weighted by atomic mass is 9.84. The molecule has 0 aliphatic heterocycles. The molecule has 4 heteroatoms. The maximum Gasteiger partial charge on any atom is 0.223 e. The number of carbonyl (C=O) groups excluding carboxylic acids is 1. The summed E-state index contributed by atoms with van der Waals surface area (Å²) in [7, 11) is 0. The molecule has 0 unspecified atom stereocenters. The first-order valence-corrected chi connectivity index (χ1v) is 8.47. The standard InChI is InChI=1S/C16H26N2OS/c1-16(2,8-9-17)7-5-15(19)18(14-3-4-14)11-13-6-10-20-12-13/h6,10,12,14H,3-5,7-9,11,17H2,1-2H3. The second-order valence-corrected chi connectivity index (χ2v) is 7.37. The highest BCUT2D eigenvalue weighted by Crippen LogP contribution is 2.31. The smallest absolute Gasteiger partial charge is 0.223 e. The molecule has 0 atom stereocenters. The van der Waals surface area contributed by atoms with Crippen LogP contribution >= 0.6 is 11.3 Å². The van der Waals surface area contributed by atoms with Crippen molar-refractivity contribution in [3.8, 4) is 0 Å². The molecule has 0 bridgehead atoms. The van der Waals surface area contributed by atoms with Crippen LogP contribution < -0.4 is 5.73 Å². The minimum atomic E-state index is 0.169. The Hall–Kier alpha value is -0.870. The molecule has 1 aromatic heterocycles. The minimum Gasteiger partial charge on any atom is -0.335 e. The van der Waals surface area contributed by atoms with Gasteiger partial charge in [-0.25, -0.2) is 0 Å². The molecule has 0 radical (unpaired) electrons. The van der Waals surface area contributed by atoms with Crippen molar-refractivity contribution in [2.24, 2.45) is 11.1 Å². The second-order valence-electron chi connectivity index (χ2n) is 6.59. The summed E-state index contributed by atoms with van der Waals surface area (Å²) in [6, 6.07) is 2.60. The number of nitrogens with zero attached hydrogens (tertiary/aromatic N) is 1. The van der Waals surface area contributed by atoms with Crippen molar-refractivity contribution in [3.63, 3.8) is 0 Å². The maximum atomic E-state index is 12.5. The van der Waals surface area contributed by atoms with E-state index in [0.29, 0.717) is 24.9 Å². The Morgan fingerprint density at radius 2 is 2.20 bits per heavy atom. The molecule has 1 aromatic rings. The van der Waals surface area contributed by atoms with Crippen molar-refractivity contribution in [1.82, 2.24) is 4.90 Å². The van der Waals surface area contributed by atoms with Gasteiger partial charge in [-0.2, -0.15) is 11.3 Å². The van der Waals surface area contributed by atoms with Gasteiger partial charge in [0.05, 0.1) is 0 Å². The van der Waals surface area contributed by atoms with Gasteiger partial charge in [0, 0.05) is 19.0 Å². The van der Waals surface area contributed by atoms with Crippen molar-refractivity contribution < 1.29 is 4.79 Å². The van der Waals surface area contributed by atoms with Gasteiger partial charge in [-0.15, -0.1) is 0 Å². The summed E-state index contributed by atoms with van der Waals surface area (Å²) in [5.41, 5.74) is 7.06. The van der Waals surface area contributed by atoms with Crippen LogP contribution in [-0.4, -0.2) is 23.4 Å². The van der Waals surface area contributed by atoms with E-state index in [1.165, 1.54) is 18.4 Å². The fraction of sp³-hybridized carbons (Fsp3) is 0.688. The topological polar surface area (TPSA) is 46.3 Å². The van der Waals surface area contributed by atoms with Crippen molar-refractivity contribution in [2.45, 2.75) is 58.5 Å². The maximum absolute atomic E-state index is 12.5. The third-order valence-corrected chi connectivity index (χ3v) is 4.81. The monoisotopic (exact) mass is 294 g/mol. The van der Waals surface area contributed by atoms with E-state index in [2.05, 4.69) is 35.6 Å². The highest BCUT2D eigenvalue weighted by molar-refractivity contribution is 7.07. The molecule has 112 valence electrons. The van der Waals surface area contributed by atoms with E-state index in [9.17, 15) is 4.79 Å². The summed E-state index contributed by atoms with van der Waals surface area (Å²) < 4.78 is 0. The number of carbonyl (C=O) groups is 1. The quantitative estimate of drug-likeness (QED) is 0.799. The molecule has 1 aliphatic rings. The van der Waals surface area contributed by atoms with E-state index in [-0.39, 0.29) is 5.41 Å². The molecule has 0 spiro atoms. The van der Waals surface area contributed by atoms with Crippen LogP contribution in [0.2, 0.25) is 0 Å². The van der Waals surface area contributed by atoms with E-state index in [0.717, 1.165) is 19.4 Å². The molecule has 1 aliphatic carbocycles. The lowest BCUT2D eigenvalue weighted by Crippen LogP contribution is -2.33. The molecule has 1 fully saturated rings. The molecular weight excluding hydrogens is 268 g/mol. The van der Waals surface area contributed by atoms with Gasteiger partial charge in [-0.05, 0) is 60.0 Å². The van der Waals surface area contributed by atoms with Crippen LogP contribution in [0, 0.1) is 5.41 Å².